The van der Waals surface area contributed by atoms with Crippen LogP contribution in [-0.4, -0.2) is 6.71 Å². The van der Waals surface area contributed by atoms with Crippen LogP contribution in [0.4, 0.5) is 0 Å². The van der Waals surface area contributed by atoms with E-state index in [9.17, 15) is 0 Å². The van der Waals surface area contributed by atoms with Crippen molar-refractivity contribution in [3.05, 3.63) is 35.4 Å². The predicted molar refractivity (Wildman–Crippen MR) is 154 cm³/mol. The zero-order chi connectivity index (χ0) is 24.0. The molecule has 0 amide bonds. The Morgan fingerprint density at radius 3 is 1.36 bits per heavy atom. The van der Waals surface area contributed by atoms with Gasteiger partial charge in [-0.25, -0.2) is 0 Å². The molecule has 0 heterocycles. The molecule has 0 fully saturated rings. The van der Waals surface area contributed by atoms with Crippen LogP contribution in [0.2, 0.25) is 12.6 Å². The topological polar surface area (TPSA) is 0 Å². The number of unbranched alkanes of at least 4 members (excludes halogenated alkanes) is 15. The highest BCUT2D eigenvalue weighted by Crippen LogP contribution is 2.32. The van der Waals surface area contributed by atoms with E-state index in [4.69, 9.17) is 0 Å². The molecule has 0 aliphatic rings. The Kier molecular flexibility index (Phi) is 20.0. The summed E-state index contributed by atoms with van der Waals surface area (Å²) in [6, 6.07) is 9.64. The van der Waals surface area contributed by atoms with Crippen molar-refractivity contribution in [2.45, 2.75) is 168 Å². The van der Waals surface area contributed by atoms with E-state index in [1.54, 1.807) is 5.56 Å². The minimum absolute atomic E-state index is 0.781. The van der Waals surface area contributed by atoms with Gasteiger partial charge in [-0.05, 0) is 12.7 Å². The average molecular weight is 455 g/mol. The first kappa shape index (κ1) is 30.3. The first-order chi connectivity index (χ1) is 16.2. The van der Waals surface area contributed by atoms with Gasteiger partial charge in [-0.2, -0.15) is 0 Å². The van der Waals surface area contributed by atoms with E-state index < -0.39 is 0 Å². The molecular weight excluding hydrogens is 395 g/mol. The summed E-state index contributed by atoms with van der Waals surface area (Å²) in [6.45, 7) is 10.1. The molecule has 0 bridgehead atoms. The number of hydrogen-bond donors (Lipinski definition) is 0. The molecular formula is C32H59B. The summed E-state index contributed by atoms with van der Waals surface area (Å²) in [5.41, 5.74) is 3.04. The molecule has 1 atom stereocenters. The highest BCUT2D eigenvalue weighted by atomic mass is 14.1. The van der Waals surface area contributed by atoms with E-state index in [-0.39, 0.29) is 0 Å². The van der Waals surface area contributed by atoms with E-state index in [0.29, 0.717) is 0 Å². The Morgan fingerprint density at radius 1 is 0.515 bits per heavy atom. The number of rotatable bonds is 23. The van der Waals surface area contributed by atoms with Crippen molar-refractivity contribution < 1.29 is 0 Å². The van der Waals surface area contributed by atoms with E-state index in [0.717, 1.165) is 12.5 Å². The molecule has 0 N–H and O–H groups in total. The lowest BCUT2D eigenvalue weighted by atomic mass is 9.34. The summed E-state index contributed by atoms with van der Waals surface area (Å²) < 4.78 is 0. The van der Waals surface area contributed by atoms with E-state index in [1.807, 2.05) is 0 Å². The van der Waals surface area contributed by atoms with Crippen LogP contribution in [-0.2, 0) is 0 Å². The van der Waals surface area contributed by atoms with Gasteiger partial charge in [-0.3, -0.25) is 0 Å². The molecule has 1 heteroatoms. The summed E-state index contributed by atoms with van der Waals surface area (Å²) >= 11 is 0. The van der Waals surface area contributed by atoms with Crippen molar-refractivity contribution in [1.29, 1.82) is 0 Å². The standard InChI is InChI=1S/C32H59B/c1-5-8-11-14-17-20-23-32(31-26-24-30(4)25-27-31)33(28-21-18-15-12-9-6-2)29-22-19-16-13-10-7-3/h24-27,32H,5-23,28-29H2,1-4H3. The molecule has 0 saturated heterocycles. The zero-order valence-corrected chi connectivity index (χ0v) is 23.3. The molecule has 0 saturated carbocycles. The first-order valence-corrected chi connectivity index (χ1v) is 15.3. The molecule has 0 aliphatic carbocycles. The average Bonchev–Trinajstić information content (AvgIpc) is 2.83. The normalized spacial score (nSPS) is 12.2. The fourth-order valence-corrected chi connectivity index (χ4v) is 5.55. The maximum absolute atomic E-state index is 2.46. The molecule has 1 unspecified atom stereocenters. The highest BCUT2D eigenvalue weighted by molar-refractivity contribution is 6.60. The van der Waals surface area contributed by atoms with Gasteiger partial charge in [0.05, 0.1) is 0 Å². The third kappa shape index (κ3) is 15.7. The van der Waals surface area contributed by atoms with Gasteiger partial charge < -0.3 is 0 Å². The largest absolute Gasteiger partial charge is 0.148 e. The van der Waals surface area contributed by atoms with Crippen molar-refractivity contribution in [3.63, 3.8) is 0 Å². The van der Waals surface area contributed by atoms with Gasteiger partial charge in [0.1, 0.15) is 6.71 Å². The summed E-state index contributed by atoms with van der Waals surface area (Å²) in [5.74, 6) is 0.781. The Morgan fingerprint density at radius 2 is 0.909 bits per heavy atom. The van der Waals surface area contributed by atoms with Gasteiger partial charge in [0, 0.05) is 0 Å². The molecule has 1 rings (SSSR count). The fourth-order valence-electron chi connectivity index (χ4n) is 5.55. The van der Waals surface area contributed by atoms with Gasteiger partial charge in [-0.15, -0.1) is 0 Å². The molecule has 190 valence electrons. The summed E-state index contributed by atoms with van der Waals surface area (Å²) in [6.07, 6.45) is 29.9. The number of benzene rings is 1. The lowest BCUT2D eigenvalue weighted by molar-refractivity contribution is 0.576. The van der Waals surface area contributed by atoms with Crippen LogP contribution in [0, 0.1) is 6.92 Å². The Bertz CT molecular complexity index is 504. The lowest BCUT2D eigenvalue weighted by Crippen LogP contribution is -2.24. The van der Waals surface area contributed by atoms with Gasteiger partial charge in [0.2, 0.25) is 0 Å². The fraction of sp³-hybridized carbons (Fsp3) is 0.812. The van der Waals surface area contributed by atoms with Crippen molar-refractivity contribution in [1.82, 2.24) is 0 Å². The minimum atomic E-state index is 0.781. The van der Waals surface area contributed by atoms with Crippen molar-refractivity contribution in [2.24, 2.45) is 0 Å². The number of hydrogen-bond acceptors (Lipinski definition) is 0. The minimum Gasteiger partial charge on any atom is -0.0736 e. The van der Waals surface area contributed by atoms with Crippen molar-refractivity contribution in [2.75, 3.05) is 0 Å². The van der Waals surface area contributed by atoms with Crippen LogP contribution in [0.5, 0.6) is 0 Å². The highest BCUT2D eigenvalue weighted by Gasteiger charge is 2.25. The lowest BCUT2D eigenvalue weighted by Gasteiger charge is -2.26. The molecule has 33 heavy (non-hydrogen) atoms. The molecule has 1 aromatic rings. The van der Waals surface area contributed by atoms with Gasteiger partial charge in [-0.1, -0.05) is 191 Å². The Hall–Kier alpha value is -0.715. The van der Waals surface area contributed by atoms with Crippen LogP contribution < -0.4 is 0 Å². The van der Waals surface area contributed by atoms with Crippen LogP contribution in [0.1, 0.15) is 160 Å². The number of aryl methyl sites for hydroxylation is 1. The van der Waals surface area contributed by atoms with Gasteiger partial charge in [0.25, 0.3) is 0 Å². The SMILES string of the molecule is CCCCCCCCB(CCCCCCCC)C(CCCCCCCC)c1ccc(C)cc1. The van der Waals surface area contributed by atoms with Crippen molar-refractivity contribution >= 4 is 6.71 Å². The first-order valence-electron chi connectivity index (χ1n) is 15.3. The molecule has 0 radical (unpaired) electrons. The summed E-state index contributed by atoms with van der Waals surface area (Å²) in [4.78, 5) is 0. The summed E-state index contributed by atoms with van der Waals surface area (Å²) in [7, 11) is 0. The Labute approximate surface area is 210 Å². The monoisotopic (exact) mass is 454 g/mol. The van der Waals surface area contributed by atoms with E-state index in [2.05, 4.69) is 52.0 Å². The third-order valence-electron chi connectivity index (χ3n) is 7.80. The second kappa shape index (κ2) is 21.8. The van der Waals surface area contributed by atoms with E-state index in [1.165, 1.54) is 140 Å². The van der Waals surface area contributed by atoms with Gasteiger partial charge >= 0.3 is 0 Å². The quantitative estimate of drug-likeness (QED) is 0.114. The molecule has 0 aliphatic heterocycles. The van der Waals surface area contributed by atoms with Crippen LogP contribution in [0.15, 0.2) is 24.3 Å². The predicted octanol–water partition coefficient (Wildman–Crippen LogP) is 11.6. The van der Waals surface area contributed by atoms with Crippen LogP contribution >= 0.6 is 0 Å². The van der Waals surface area contributed by atoms with E-state index >= 15 is 0 Å². The molecule has 0 spiro atoms. The second-order valence-electron chi connectivity index (χ2n) is 10.9. The molecule has 0 nitrogen and oxygen atoms in total. The summed E-state index contributed by atoms with van der Waals surface area (Å²) in [5, 5.41) is 0. The Balaban J connectivity index is 2.71. The smallest absolute Gasteiger partial charge is 0.0736 e. The van der Waals surface area contributed by atoms with Gasteiger partial charge in [0.15, 0.2) is 0 Å². The van der Waals surface area contributed by atoms with Crippen LogP contribution in [0.25, 0.3) is 0 Å². The second-order valence-corrected chi connectivity index (χ2v) is 10.9. The molecule has 0 aromatic heterocycles. The third-order valence-corrected chi connectivity index (χ3v) is 7.80. The maximum Gasteiger partial charge on any atom is 0.148 e. The zero-order valence-electron chi connectivity index (χ0n) is 23.3. The molecule has 1 aromatic carbocycles. The maximum atomic E-state index is 2.46. The van der Waals surface area contributed by atoms with Crippen molar-refractivity contribution in [3.8, 4) is 0 Å². The van der Waals surface area contributed by atoms with Crippen LogP contribution in [0.3, 0.4) is 0 Å².